The van der Waals surface area contributed by atoms with Gasteiger partial charge in [0.1, 0.15) is 0 Å². The average molecular weight is 252 g/mol. The summed E-state index contributed by atoms with van der Waals surface area (Å²) in [6.45, 7) is 1.73. The van der Waals surface area contributed by atoms with Crippen molar-refractivity contribution < 1.29 is 4.74 Å². The van der Waals surface area contributed by atoms with Gasteiger partial charge < -0.3 is 15.8 Å². The van der Waals surface area contributed by atoms with Crippen LogP contribution in [-0.2, 0) is 4.74 Å². The van der Waals surface area contributed by atoms with E-state index in [1.807, 2.05) is 7.11 Å². The lowest BCUT2D eigenvalue weighted by molar-refractivity contribution is -0.00815. The van der Waals surface area contributed by atoms with E-state index in [2.05, 4.69) is 11.4 Å². The normalized spacial score (nSPS) is 32.6. The maximum atomic E-state index is 6.04. The van der Waals surface area contributed by atoms with E-state index in [1.165, 1.54) is 38.5 Å². The van der Waals surface area contributed by atoms with Gasteiger partial charge in [-0.3, -0.25) is 0 Å². The Bertz CT molecular complexity index is 290. The molecule has 0 spiro atoms. The Morgan fingerprint density at radius 3 is 3.00 bits per heavy atom. The first-order valence-electron chi connectivity index (χ1n) is 7.46. The Morgan fingerprint density at radius 2 is 2.33 bits per heavy atom. The number of nitrogens with two attached hydrogens (primary N) is 1. The zero-order valence-corrected chi connectivity index (χ0v) is 11.7. The quantitative estimate of drug-likeness (QED) is 0.713. The predicted molar refractivity (Wildman–Crippen MR) is 75.6 cm³/mol. The molecule has 18 heavy (non-hydrogen) atoms. The molecular weight excluding hydrogens is 224 g/mol. The second-order valence-electron chi connectivity index (χ2n) is 5.76. The van der Waals surface area contributed by atoms with Crippen LogP contribution in [0, 0.1) is 0 Å². The van der Waals surface area contributed by atoms with Crippen molar-refractivity contribution in [2.75, 3.05) is 20.2 Å². The minimum absolute atomic E-state index is 0.0200. The lowest BCUT2D eigenvalue weighted by atomic mass is 9.79. The summed E-state index contributed by atoms with van der Waals surface area (Å²) < 4.78 is 5.66. The highest BCUT2D eigenvalue weighted by atomic mass is 16.5. The molecule has 2 aliphatic rings. The van der Waals surface area contributed by atoms with Crippen molar-refractivity contribution >= 4 is 0 Å². The van der Waals surface area contributed by atoms with Crippen molar-refractivity contribution in [1.29, 1.82) is 0 Å². The van der Waals surface area contributed by atoms with Crippen molar-refractivity contribution in [2.45, 2.75) is 63.0 Å². The first-order valence-corrected chi connectivity index (χ1v) is 7.46. The standard InChI is InChI=1S/C15H28N2O/c1-18-14-8-4-5-10-15(14,12-16)17-11-9-13-6-2-3-7-13/h6,14,17H,2-5,7-12,16H2,1H3. The van der Waals surface area contributed by atoms with Crippen LogP contribution in [0.5, 0.6) is 0 Å². The van der Waals surface area contributed by atoms with Crippen molar-refractivity contribution in [1.82, 2.24) is 5.32 Å². The van der Waals surface area contributed by atoms with Crippen LogP contribution < -0.4 is 11.1 Å². The van der Waals surface area contributed by atoms with Gasteiger partial charge in [0, 0.05) is 13.7 Å². The van der Waals surface area contributed by atoms with Gasteiger partial charge in [0.25, 0.3) is 0 Å². The number of hydrogen-bond acceptors (Lipinski definition) is 3. The van der Waals surface area contributed by atoms with Gasteiger partial charge >= 0.3 is 0 Å². The van der Waals surface area contributed by atoms with Crippen LogP contribution in [0.4, 0.5) is 0 Å². The summed E-state index contributed by atoms with van der Waals surface area (Å²) in [6.07, 6.45) is 12.6. The molecule has 0 aromatic carbocycles. The number of ether oxygens (including phenoxy) is 1. The van der Waals surface area contributed by atoms with E-state index in [9.17, 15) is 0 Å². The molecule has 0 heterocycles. The van der Waals surface area contributed by atoms with E-state index in [4.69, 9.17) is 10.5 Å². The summed E-state index contributed by atoms with van der Waals surface area (Å²) in [4.78, 5) is 0. The van der Waals surface area contributed by atoms with Crippen LogP contribution in [-0.4, -0.2) is 31.8 Å². The SMILES string of the molecule is COC1CCCCC1(CN)NCCC1=CCCC1. The van der Waals surface area contributed by atoms with E-state index in [-0.39, 0.29) is 11.6 Å². The van der Waals surface area contributed by atoms with Gasteiger partial charge in [-0.25, -0.2) is 0 Å². The number of methoxy groups -OCH3 is 1. The van der Waals surface area contributed by atoms with Gasteiger partial charge in [0.15, 0.2) is 0 Å². The van der Waals surface area contributed by atoms with Crippen molar-refractivity contribution in [2.24, 2.45) is 5.73 Å². The van der Waals surface area contributed by atoms with Crippen LogP contribution in [0.25, 0.3) is 0 Å². The van der Waals surface area contributed by atoms with Crippen LogP contribution in [0.15, 0.2) is 11.6 Å². The molecule has 3 N–H and O–H groups in total. The molecule has 0 radical (unpaired) electrons. The van der Waals surface area contributed by atoms with Crippen LogP contribution >= 0.6 is 0 Å². The van der Waals surface area contributed by atoms with Crippen LogP contribution in [0.3, 0.4) is 0 Å². The number of hydrogen-bond donors (Lipinski definition) is 2. The lowest BCUT2D eigenvalue weighted by Crippen LogP contribution is -2.61. The first kappa shape index (κ1) is 14.0. The van der Waals surface area contributed by atoms with E-state index in [0.29, 0.717) is 6.54 Å². The van der Waals surface area contributed by atoms with Crippen LogP contribution in [0.2, 0.25) is 0 Å². The van der Waals surface area contributed by atoms with E-state index >= 15 is 0 Å². The minimum atomic E-state index is 0.0200. The Morgan fingerprint density at radius 1 is 1.44 bits per heavy atom. The van der Waals surface area contributed by atoms with Crippen LogP contribution in [0.1, 0.15) is 51.4 Å². The molecule has 0 bridgehead atoms. The topological polar surface area (TPSA) is 47.3 Å². The summed E-state index contributed by atoms with van der Waals surface area (Å²) in [5, 5.41) is 3.72. The molecule has 0 aromatic heterocycles. The Kier molecular flexibility index (Phi) is 5.22. The molecule has 0 saturated heterocycles. The summed E-state index contributed by atoms with van der Waals surface area (Å²) >= 11 is 0. The fraction of sp³-hybridized carbons (Fsp3) is 0.867. The van der Waals surface area contributed by atoms with Gasteiger partial charge in [-0.05, 0) is 45.1 Å². The Hall–Kier alpha value is -0.380. The molecule has 3 heteroatoms. The second kappa shape index (κ2) is 6.69. The number of nitrogens with one attached hydrogen (secondary N) is 1. The van der Waals surface area contributed by atoms with Gasteiger partial charge in [-0.1, -0.05) is 24.5 Å². The third-order valence-corrected chi connectivity index (χ3v) is 4.66. The molecule has 2 rings (SSSR count). The summed E-state index contributed by atoms with van der Waals surface area (Å²) in [7, 11) is 1.82. The molecule has 0 aromatic rings. The largest absolute Gasteiger partial charge is 0.379 e. The van der Waals surface area contributed by atoms with Gasteiger partial charge in [0.05, 0.1) is 11.6 Å². The van der Waals surface area contributed by atoms with Gasteiger partial charge in [0.2, 0.25) is 0 Å². The molecule has 0 aliphatic heterocycles. The number of rotatable bonds is 6. The predicted octanol–water partition coefficient (Wildman–Crippen LogP) is 2.36. The van der Waals surface area contributed by atoms with E-state index in [1.54, 1.807) is 5.57 Å². The van der Waals surface area contributed by atoms with E-state index in [0.717, 1.165) is 19.4 Å². The highest BCUT2D eigenvalue weighted by Crippen LogP contribution is 2.30. The fourth-order valence-electron chi connectivity index (χ4n) is 3.50. The number of allylic oxidation sites excluding steroid dienone is 1. The summed E-state index contributed by atoms with van der Waals surface area (Å²) in [5.41, 5.74) is 7.69. The molecule has 3 nitrogen and oxygen atoms in total. The van der Waals surface area contributed by atoms with Gasteiger partial charge in [-0.15, -0.1) is 0 Å². The van der Waals surface area contributed by atoms with Crippen molar-refractivity contribution in [3.63, 3.8) is 0 Å². The fourth-order valence-corrected chi connectivity index (χ4v) is 3.50. The molecule has 1 fully saturated rings. The summed E-state index contributed by atoms with van der Waals surface area (Å²) in [6, 6.07) is 0. The summed E-state index contributed by atoms with van der Waals surface area (Å²) in [5.74, 6) is 0. The van der Waals surface area contributed by atoms with E-state index < -0.39 is 0 Å². The maximum Gasteiger partial charge on any atom is 0.0765 e. The minimum Gasteiger partial charge on any atom is -0.379 e. The third-order valence-electron chi connectivity index (χ3n) is 4.66. The molecular formula is C15H28N2O. The molecule has 0 amide bonds. The second-order valence-corrected chi connectivity index (χ2v) is 5.76. The Balaban J connectivity index is 1.85. The van der Waals surface area contributed by atoms with Gasteiger partial charge in [-0.2, -0.15) is 0 Å². The molecule has 104 valence electrons. The molecule has 1 saturated carbocycles. The zero-order chi connectivity index (χ0) is 12.8. The van der Waals surface area contributed by atoms with Crippen molar-refractivity contribution in [3.05, 3.63) is 11.6 Å². The Labute approximate surface area is 111 Å². The highest BCUT2D eigenvalue weighted by molar-refractivity contribution is 5.08. The maximum absolute atomic E-state index is 6.04. The zero-order valence-electron chi connectivity index (χ0n) is 11.7. The highest BCUT2D eigenvalue weighted by Gasteiger charge is 2.39. The average Bonchev–Trinajstić information content (AvgIpc) is 2.92. The molecule has 2 atom stereocenters. The van der Waals surface area contributed by atoms with Crippen molar-refractivity contribution in [3.8, 4) is 0 Å². The molecule has 2 unspecified atom stereocenters. The smallest absolute Gasteiger partial charge is 0.0765 e. The third kappa shape index (κ3) is 3.14. The monoisotopic (exact) mass is 252 g/mol. The first-order chi connectivity index (χ1) is 8.80. The molecule has 2 aliphatic carbocycles. The lowest BCUT2D eigenvalue weighted by Gasteiger charge is -2.43.